The summed E-state index contributed by atoms with van der Waals surface area (Å²) in [6.45, 7) is 1.72. The topological polar surface area (TPSA) is 41.6 Å². The molecular weight excluding hydrogens is 255 g/mol. The maximum absolute atomic E-state index is 12.4. The molecule has 17 heavy (non-hydrogen) atoms. The van der Waals surface area contributed by atoms with Crippen molar-refractivity contribution in [3.05, 3.63) is 34.9 Å². The second-order valence-electron chi connectivity index (χ2n) is 3.43. The first-order valence-corrected chi connectivity index (χ1v) is 5.00. The van der Waals surface area contributed by atoms with Crippen molar-refractivity contribution < 1.29 is 13.2 Å². The van der Waals surface area contributed by atoms with Gasteiger partial charge in [-0.3, -0.25) is 4.98 Å². The van der Waals surface area contributed by atoms with E-state index in [1.165, 1.54) is 6.20 Å². The SMILES string of the molecule is Cc1ncc(-c2ncc(C(F)(F)F)cc2Cl)[nH]1. The van der Waals surface area contributed by atoms with E-state index >= 15 is 0 Å². The van der Waals surface area contributed by atoms with Crippen molar-refractivity contribution in [1.82, 2.24) is 15.0 Å². The molecule has 1 N–H and O–H groups in total. The first-order valence-electron chi connectivity index (χ1n) is 4.62. The number of halogens is 4. The lowest BCUT2D eigenvalue weighted by atomic mass is 10.2. The number of nitrogens with one attached hydrogen (secondary N) is 1. The van der Waals surface area contributed by atoms with Crippen molar-refractivity contribution >= 4 is 11.6 Å². The largest absolute Gasteiger partial charge is 0.417 e. The molecule has 0 aliphatic rings. The standard InChI is InChI=1S/C10H7ClF3N3/c1-5-15-4-8(17-5)9-7(11)2-6(3-16-9)10(12,13)14/h2-4H,1H3,(H,15,17). The van der Waals surface area contributed by atoms with Crippen LogP contribution in [0.5, 0.6) is 0 Å². The molecule has 0 aliphatic carbocycles. The molecule has 2 aromatic rings. The molecule has 7 heteroatoms. The van der Waals surface area contributed by atoms with Crippen LogP contribution in [0.2, 0.25) is 5.02 Å². The van der Waals surface area contributed by atoms with Crippen LogP contribution >= 0.6 is 11.6 Å². The molecule has 0 aliphatic heterocycles. The van der Waals surface area contributed by atoms with Gasteiger partial charge in [-0.05, 0) is 13.0 Å². The maximum atomic E-state index is 12.4. The summed E-state index contributed by atoms with van der Waals surface area (Å²) in [5.74, 6) is 0.637. The van der Waals surface area contributed by atoms with Crippen LogP contribution in [-0.2, 0) is 6.18 Å². The van der Waals surface area contributed by atoms with E-state index in [4.69, 9.17) is 11.6 Å². The number of aromatic nitrogens is 3. The van der Waals surface area contributed by atoms with Crippen LogP contribution in [0, 0.1) is 6.92 Å². The summed E-state index contributed by atoms with van der Waals surface area (Å²) in [5, 5.41) is -0.0662. The quantitative estimate of drug-likeness (QED) is 0.854. The van der Waals surface area contributed by atoms with Crippen LogP contribution in [0.25, 0.3) is 11.4 Å². The van der Waals surface area contributed by atoms with E-state index in [2.05, 4.69) is 15.0 Å². The summed E-state index contributed by atoms with van der Waals surface area (Å²) in [4.78, 5) is 10.5. The fourth-order valence-corrected chi connectivity index (χ4v) is 1.60. The van der Waals surface area contributed by atoms with Crippen LogP contribution in [0.3, 0.4) is 0 Å². The third-order valence-electron chi connectivity index (χ3n) is 2.13. The van der Waals surface area contributed by atoms with Crippen LogP contribution < -0.4 is 0 Å². The van der Waals surface area contributed by atoms with E-state index in [1.807, 2.05) is 0 Å². The van der Waals surface area contributed by atoms with Gasteiger partial charge in [0.25, 0.3) is 0 Å². The summed E-state index contributed by atoms with van der Waals surface area (Å²) in [6.07, 6.45) is -2.23. The Labute approximate surface area is 99.7 Å². The smallest absolute Gasteiger partial charge is 0.341 e. The predicted octanol–water partition coefficient (Wildman–Crippen LogP) is 3.45. The van der Waals surface area contributed by atoms with Gasteiger partial charge in [0.1, 0.15) is 11.5 Å². The molecule has 90 valence electrons. The van der Waals surface area contributed by atoms with Crippen molar-refractivity contribution in [2.45, 2.75) is 13.1 Å². The van der Waals surface area contributed by atoms with E-state index in [0.29, 0.717) is 11.5 Å². The molecule has 0 unspecified atom stereocenters. The fourth-order valence-electron chi connectivity index (χ4n) is 1.33. The summed E-state index contributed by atoms with van der Waals surface area (Å²) < 4.78 is 37.2. The van der Waals surface area contributed by atoms with Gasteiger partial charge in [0.05, 0.1) is 22.5 Å². The minimum absolute atomic E-state index is 0.0662. The fraction of sp³-hybridized carbons (Fsp3) is 0.200. The molecule has 0 radical (unpaired) electrons. The van der Waals surface area contributed by atoms with Crippen molar-refractivity contribution in [2.24, 2.45) is 0 Å². The van der Waals surface area contributed by atoms with Gasteiger partial charge in [-0.1, -0.05) is 11.6 Å². The summed E-state index contributed by atoms with van der Waals surface area (Å²) in [6, 6.07) is 0.847. The lowest BCUT2D eigenvalue weighted by Crippen LogP contribution is -2.05. The zero-order valence-corrected chi connectivity index (χ0v) is 9.39. The lowest BCUT2D eigenvalue weighted by Gasteiger charge is -2.07. The van der Waals surface area contributed by atoms with Crippen molar-refractivity contribution in [1.29, 1.82) is 0 Å². The minimum Gasteiger partial charge on any atom is -0.341 e. The van der Waals surface area contributed by atoms with Crippen LogP contribution in [0.1, 0.15) is 11.4 Å². The normalized spacial score (nSPS) is 11.8. The molecule has 0 saturated heterocycles. The Kier molecular flexibility index (Phi) is 2.82. The highest BCUT2D eigenvalue weighted by Crippen LogP contribution is 2.33. The number of H-pyrrole nitrogens is 1. The Morgan fingerprint density at radius 3 is 2.41 bits per heavy atom. The molecule has 0 atom stereocenters. The average molecular weight is 262 g/mol. The number of hydrogen-bond acceptors (Lipinski definition) is 2. The molecule has 0 aromatic carbocycles. The zero-order chi connectivity index (χ0) is 12.6. The Morgan fingerprint density at radius 2 is 1.94 bits per heavy atom. The highest BCUT2D eigenvalue weighted by molar-refractivity contribution is 6.33. The maximum Gasteiger partial charge on any atom is 0.417 e. The second kappa shape index (κ2) is 4.03. The highest BCUT2D eigenvalue weighted by atomic mass is 35.5. The molecule has 0 fully saturated rings. The molecule has 0 amide bonds. The first kappa shape index (κ1) is 11.9. The van der Waals surface area contributed by atoms with Crippen molar-refractivity contribution in [3.63, 3.8) is 0 Å². The number of hydrogen-bond donors (Lipinski definition) is 1. The van der Waals surface area contributed by atoms with Crippen LogP contribution in [-0.4, -0.2) is 15.0 Å². The van der Waals surface area contributed by atoms with E-state index in [0.717, 1.165) is 12.3 Å². The van der Waals surface area contributed by atoms with Gasteiger partial charge in [0.2, 0.25) is 0 Å². The second-order valence-corrected chi connectivity index (χ2v) is 3.84. The monoisotopic (exact) mass is 261 g/mol. The third-order valence-corrected chi connectivity index (χ3v) is 2.41. The van der Waals surface area contributed by atoms with Gasteiger partial charge >= 0.3 is 6.18 Å². The van der Waals surface area contributed by atoms with Crippen molar-refractivity contribution in [3.8, 4) is 11.4 Å². The van der Waals surface area contributed by atoms with E-state index in [9.17, 15) is 13.2 Å². The van der Waals surface area contributed by atoms with Gasteiger partial charge in [0.15, 0.2) is 0 Å². The molecule has 2 aromatic heterocycles. The molecule has 0 spiro atoms. The van der Waals surface area contributed by atoms with Gasteiger partial charge in [-0.15, -0.1) is 0 Å². The van der Waals surface area contributed by atoms with Crippen LogP contribution in [0.15, 0.2) is 18.5 Å². The Morgan fingerprint density at radius 1 is 1.24 bits per heavy atom. The minimum atomic E-state index is -4.45. The highest BCUT2D eigenvalue weighted by Gasteiger charge is 2.31. The van der Waals surface area contributed by atoms with E-state index in [1.54, 1.807) is 6.92 Å². The van der Waals surface area contributed by atoms with E-state index in [-0.39, 0.29) is 10.7 Å². The molecule has 2 heterocycles. The molecule has 2 rings (SSSR count). The van der Waals surface area contributed by atoms with E-state index < -0.39 is 11.7 Å². The number of aryl methyl sites for hydroxylation is 1. The Hall–Kier alpha value is -1.56. The first-order chi connectivity index (χ1) is 7.88. The summed E-state index contributed by atoms with van der Waals surface area (Å²) >= 11 is 5.77. The molecule has 0 bridgehead atoms. The lowest BCUT2D eigenvalue weighted by molar-refractivity contribution is -0.137. The third kappa shape index (κ3) is 2.41. The van der Waals surface area contributed by atoms with Crippen molar-refractivity contribution in [2.75, 3.05) is 0 Å². The molecule has 3 nitrogen and oxygen atoms in total. The molecule has 0 saturated carbocycles. The number of imidazole rings is 1. The van der Waals surface area contributed by atoms with Gasteiger partial charge < -0.3 is 4.98 Å². The number of pyridine rings is 1. The predicted molar refractivity (Wildman–Crippen MR) is 56.6 cm³/mol. The van der Waals surface area contributed by atoms with Crippen LogP contribution in [0.4, 0.5) is 13.2 Å². The number of aromatic amines is 1. The van der Waals surface area contributed by atoms with Gasteiger partial charge in [0, 0.05) is 6.20 Å². The zero-order valence-electron chi connectivity index (χ0n) is 8.64. The number of alkyl halides is 3. The number of rotatable bonds is 1. The Balaban J connectivity index is 2.45. The summed E-state index contributed by atoms with van der Waals surface area (Å²) in [7, 11) is 0. The average Bonchev–Trinajstić information content (AvgIpc) is 2.63. The molecular formula is C10H7ClF3N3. The number of nitrogens with zero attached hydrogens (tertiary/aromatic N) is 2. The Bertz CT molecular complexity index is 548. The van der Waals surface area contributed by atoms with Gasteiger partial charge in [-0.2, -0.15) is 13.2 Å². The van der Waals surface area contributed by atoms with Gasteiger partial charge in [-0.25, -0.2) is 4.98 Å². The summed E-state index contributed by atoms with van der Waals surface area (Å²) in [5.41, 5.74) is -0.135.